The van der Waals surface area contributed by atoms with Crippen LogP contribution in [0.4, 0.5) is 11.9 Å². The summed E-state index contributed by atoms with van der Waals surface area (Å²) in [5.74, 6) is 0.376. The molecule has 0 aliphatic carbocycles. The zero-order chi connectivity index (χ0) is 43.7. The van der Waals surface area contributed by atoms with Crippen molar-refractivity contribution in [3.63, 3.8) is 0 Å². The lowest BCUT2D eigenvalue weighted by Crippen LogP contribution is -2.36. The topological polar surface area (TPSA) is 241 Å². The summed E-state index contributed by atoms with van der Waals surface area (Å²) < 4.78 is 20.0. The number of nitrogens with zero attached hydrogens (tertiary/aromatic N) is 9. The average molecular weight is 850 g/mol. The van der Waals surface area contributed by atoms with Crippen LogP contribution in [-0.4, -0.2) is 105 Å². The number of carbonyl (C=O) groups excluding carboxylic acids is 3. The van der Waals surface area contributed by atoms with E-state index in [1.165, 1.54) is 0 Å². The smallest absolute Gasteiger partial charge is 0.276 e. The number of likely N-dealkylation sites (tertiary alicyclic amines) is 1. The van der Waals surface area contributed by atoms with E-state index in [0.717, 1.165) is 55.7 Å². The maximum absolute atomic E-state index is 13.9. The quantitative estimate of drug-likeness (QED) is 0.0814. The summed E-state index contributed by atoms with van der Waals surface area (Å²) >= 11 is 0. The highest BCUT2D eigenvalue weighted by Crippen LogP contribution is 2.39. The van der Waals surface area contributed by atoms with E-state index in [4.69, 9.17) is 30.9 Å². The molecule has 19 heteroatoms. The molecule has 0 bridgehead atoms. The number of hydrogen-bond donors (Lipinski definition) is 5. The first kappa shape index (κ1) is 42.4. The van der Waals surface area contributed by atoms with Gasteiger partial charge in [-0.3, -0.25) is 34.4 Å². The largest absolute Gasteiger partial charge is 0.491 e. The zero-order valence-electron chi connectivity index (χ0n) is 35.7. The molecular formula is C43H55N13O6. The molecule has 19 nitrogen and oxygen atoms in total. The molecule has 328 valence electrons. The van der Waals surface area contributed by atoms with Crippen molar-refractivity contribution in [2.45, 2.75) is 98.1 Å². The number of anilines is 2. The van der Waals surface area contributed by atoms with Gasteiger partial charge in [-0.25, -0.2) is 9.97 Å². The summed E-state index contributed by atoms with van der Waals surface area (Å²) in [6.07, 6.45) is 3.24. The molecule has 0 unspecified atom stereocenters. The third kappa shape index (κ3) is 8.59. The molecule has 7 N–H and O–H groups in total. The Morgan fingerprint density at radius 2 is 1.50 bits per heavy atom. The van der Waals surface area contributed by atoms with Gasteiger partial charge in [0.25, 0.3) is 11.8 Å². The highest BCUT2D eigenvalue weighted by molar-refractivity contribution is 6.05. The van der Waals surface area contributed by atoms with Crippen LogP contribution >= 0.6 is 0 Å². The van der Waals surface area contributed by atoms with Crippen LogP contribution in [0.1, 0.15) is 100 Å². The minimum Gasteiger partial charge on any atom is -0.491 e. The second-order valence-electron chi connectivity index (χ2n) is 16.0. The number of aromatic nitrogens is 8. The number of ether oxygens (including phenoxy) is 2. The SMILES string of the molecule is CCn1nc(C)cc1C(=O)Nc1nc2cc(CN)cc(OCCCN3CCC(O)CC3)c2n1CCC[C@H]1COc2cc(C(N)=O)cc3nc(NC(=O)c4cc(C)nn4CC)n1c23. The number of piperidine rings is 1. The normalized spacial score (nSPS) is 15.6. The lowest BCUT2D eigenvalue weighted by atomic mass is 10.1. The molecule has 1 atom stereocenters. The van der Waals surface area contributed by atoms with E-state index in [1.54, 1.807) is 33.6 Å². The number of carbonyl (C=O) groups is 3. The Kier molecular flexibility index (Phi) is 12.3. The molecule has 0 saturated carbocycles. The number of nitrogens with two attached hydrogens (primary N) is 2. The fourth-order valence-electron chi connectivity index (χ4n) is 8.56. The van der Waals surface area contributed by atoms with E-state index >= 15 is 0 Å². The van der Waals surface area contributed by atoms with Gasteiger partial charge in [-0.15, -0.1) is 0 Å². The summed E-state index contributed by atoms with van der Waals surface area (Å²) in [6.45, 7) is 12.5. The molecule has 0 radical (unpaired) electrons. The highest BCUT2D eigenvalue weighted by atomic mass is 16.5. The Hall–Kier alpha value is -6.31. The highest BCUT2D eigenvalue weighted by Gasteiger charge is 2.30. The van der Waals surface area contributed by atoms with Crippen LogP contribution in [-0.2, 0) is 26.2 Å². The van der Waals surface area contributed by atoms with Crippen molar-refractivity contribution in [1.29, 1.82) is 0 Å². The van der Waals surface area contributed by atoms with E-state index in [1.807, 2.05) is 49.0 Å². The second kappa shape index (κ2) is 18.0. The lowest BCUT2D eigenvalue weighted by molar-refractivity contribution is 0.0800. The summed E-state index contributed by atoms with van der Waals surface area (Å²) in [5, 5.41) is 25.0. The Labute approximate surface area is 358 Å². The summed E-state index contributed by atoms with van der Waals surface area (Å²) in [4.78, 5) is 52.0. The molecule has 1 saturated heterocycles. The number of hydrogen-bond acceptors (Lipinski definition) is 12. The van der Waals surface area contributed by atoms with Crippen LogP contribution in [0.15, 0.2) is 36.4 Å². The van der Waals surface area contributed by atoms with Gasteiger partial charge in [-0.1, -0.05) is 0 Å². The molecule has 2 aliphatic rings. The summed E-state index contributed by atoms with van der Waals surface area (Å²) in [5.41, 5.74) is 17.6. The fourth-order valence-corrected chi connectivity index (χ4v) is 8.56. The Balaban J connectivity index is 1.10. The molecule has 4 aromatic heterocycles. The number of rotatable bonds is 17. The number of nitrogens with one attached hydrogen (secondary N) is 2. The molecule has 2 aliphatic heterocycles. The first-order valence-electron chi connectivity index (χ1n) is 21.4. The van der Waals surface area contributed by atoms with E-state index in [0.29, 0.717) is 96.1 Å². The molecule has 6 aromatic rings. The van der Waals surface area contributed by atoms with Crippen molar-refractivity contribution < 1.29 is 29.0 Å². The first-order chi connectivity index (χ1) is 29.9. The number of aryl methyl sites for hydroxylation is 5. The van der Waals surface area contributed by atoms with Crippen molar-refractivity contribution in [2.75, 3.05) is 43.5 Å². The number of fused-ring (bicyclic) bond motifs is 1. The van der Waals surface area contributed by atoms with E-state index < -0.39 is 5.91 Å². The molecular weight excluding hydrogens is 795 g/mol. The van der Waals surface area contributed by atoms with Crippen molar-refractivity contribution >= 4 is 51.7 Å². The van der Waals surface area contributed by atoms with Gasteiger partial charge in [0.2, 0.25) is 17.8 Å². The first-order valence-corrected chi connectivity index (χ1v) is 21.4. The second-order valence-corrected chi connectivity index (χ2v) is 16.0. The third-order valence-corrected chi connectivity index (χ3v) is 11.6. The molecule has 1 fully saturated rings. The van der Waals surface area contributed by atoms with Crippen LogP contribution in [0.25, 0.3) is 22.1 Å². The number of primary amides is 1. The van der Waals surface area contributed by atoms with Gasteiger partial charge in [-0.2, -0.15) is 10.2 Å². The van der Waals surface area contributed by atoms with Gasteiger partial charge in [0.1, 0.15) is 40.5 Å². The van der Waals surface area contributed by atoms with Crippen LogP contribution in [0, 0.1) is 13.8 Å². The lowest BCUT2D eigenvalue weighted by Gasteiger charge is -2.29. The predicted molar refractivity (Wildman–Crippen MR) is 233 cm³/mol. The van der Waals surface area contributed by atoms with Gasteiger partial charge in [0.15, 0.2) is 0 Å². The molecule has 6 heterocycles. The minimum atomic E-state index is -0.620. The number of amides is 3. The summed E-state index contributed by atoms with van der Waals surface area (Å²) in [6, 6.07) is 10.3. The van der Waals surface area contributed by atoms with Gasteiger partial charge >= 0.3 is 0 Å². The average Bonchev–Trinajstić information content (AvgIpc) is 4.03. The predicted octanol–water partition coefficient (Wildman–Crippen LogP) is 4.14. The molecule has 8 rings (SSSR count). The number of aliphatic hydroxyl groups is 1. The zero-order valence-corrected chi connectivity index (χ0v) is 35.7. The Morgan fingerprint density at radius 1 is 0.855 bits per heavy atom. The number of benzene rings is 2. The van der Waals surface area contributed by atoms with Gasteiger partial charge in [0.05, 0.1) is 41.2 Å². The van der Waals surface area contributed by atoms with Crippen LogP contribution < -0.4 is 31.6 Å². The van der Waals surface area contributed by atoms with Crippen molar-refractivity contribution in [3.8, 4) is 11.5 Å². The van der Waals surface area contributed by atoms with Crippen LogP contribution in [0.3, 0.4) is 0 Å². The molecule has 3 amide bonds. The van der Waals surface area contributed by atoms with E-state index in [-0.39, 0.29) is 42.7 Å². The van der Waals surface area contributed by atoms with Crippen LogP contribution in [0.5, 0.6) is 11.5 Å². The van der Waals surface area contributed by atoms with Crippen molar-refractivity contribution in [3.05, 3.63) is 70.3 Å². The molecule has 0 spiro atoms. The van der Waals surface area contributed by atoms with Gasteiger partial charge in [0, 0.05) is 51.4 Å². The van der Waals surface area contributed by atoms with Crippen molar-refractivity contribution in [1.82, 2.24) is 43.6 Å². The Morgan fingerprint density at radius 3 is 2.15 bits per heavy atom. The third-order valence-electron chi connectivity index (χ3n) is 11.6. The van der Waals surface area contributed by atoms with Gasteiger partial charge in [-0.05, 0) is 102 Å². The van der Waals surface area contributed by atoms with E-state index in [9.17, 15) is 19.5 Å². The van der Waals surface area contributed by atoms with Crippen LogP contribution in [0.2, 0.25) is 0 Å². The van der Waals surface area contributed by atoms with Gasteiger partial charge < -0.3 is 40.1 Å². The number of aliphatic hydroxyl groups excluding tert-OH is 1. The van der Waals surface area contributed by atoms with Crippen molar-refractivity contribution in [2.24, 2.45) is 11.5 Å². The maximum Gasteiger partial charge on any atom is 0.276 e. The number of imidazole rings is 2. The fraction of sp³-hybridized carbons (Fsp3) is 0.465. The minimum absolute atomic E-state index is 0.231. The summed E-state index contributed by atoms with van der Waals surface area (Å²) in [7, 11) is 0. The molecule has 2 aromatic carbocycles. The standard InChI is InChI=1S/C43H55N13O6/c1-5-54-33(17-25(3)50-54)40(59)48-42-46-31-19-27(23-44)20-35(61-16-8-12-52-14-10-30(57)11-15-52)37(31)53(42)13-7-9-29-24-62-36-22-28(39(45)58)21-32-38(36)56(29)43(47-32)49-41(60)34-18-26(4)51-55(34)6-2/h17-22,29-30,57H,5-16,23-24,44H2,1-4H3,(H2,45,58)(H,46,48,59)(H,47,49,60)/t29-/m0/s1. The Bertz CT molecular complexity index is 2630. The maximum atomic E-state index is 13.9. The monoisotopic (exact) mass is 849 g/mol. The van der Waals surface area contributed by atoms with E-state index in [2.05, 4.69) is 25.7 Å². The molecule has 62 heavy (non-hydrogen) atoms.